The van der Waals surface area contributed by atoms with Gasteiger partial charge in [0.2, 0.25) is 5.70 Å². The van der Waals surface area contributed by atoms with Gasteiger partial charge in [-0.3, -0.25) is 4.79 Å². The molecule has 4 heteroatoms. The molecule has 0 saturated heterocycles. The summed E-state index contributed by atoms with van der Waals surface area (Å²) >= 11 is 4.88. The number of benzene rings is 3. The fourth-order valence-corrected chi connectivity index (χ4v) is 4.14. The summed E-state index contributed by atoms with van der Waals surface area (Å²) in [5.41, 5.74) is 5.51. The molecule has 0 aliphatic rings. The zero-order chi connectivity index (χ0) is 23.2. The van der Waals surface area contributed by atoms with Gasteiger partial charge in [-0.15, -0.1) is 12.6 Å². The van der Waals surface area contributed by atoms with Gasteiger partial charge < -0.3 is 5.32 Å². The van der Waals surface area contributed by atoms with Crippen molar-refractivity contribution in [3.8, 4) is 0 Å². The van der Waals surface area contributed by atoms with E-state index < -0.39 is 5.92 Å². The molecule has 1 unspecified atom stereocenters. The van der Waals surface area contributed by atoms with Gasteiger partial charge in [-0.1, -0.05) is 83.9 Å². The normalized spacial score (nSPS) is 12.6. The van der Waals surface area contributed by atoms with Gasteiger partial charge >= 0.3 is 0 Å². The van der Waals surface area contributed by atoms with Crippen LogP contribution in [0.4, 0.5) is 5.69 Å². The number of para-hydroxylation sites is 1. The van der Waals surface area contributed by atoms with Crippen LogP contribution in [0.15, 0.2) is 114 Å². The Balaban J connectivity index is 1.91. The van der Waals surface area contributed by atoms with Crippen molar-refractivity contribution in [2.75, 3.05) is 5.32 Å². The molecular weight excluding hydrogens is 424 g/mol. The van der Waals surface area contributed by atoms with Crippen molar-refractivity contribution in [3.05, 3.63) is 137 Å². The molecule has 164 valence electrons. The Labute approximate surface area is 200 Å². The Hall–Kier alpha value is -3.63. The fourth-order valence-electron chi connectivity index (χ4n) is 3.77. The molecule has 0 saturated carbocycles. The maximum Gasteiger partial charge on any atom is 0.232 e. The van der Waals surface area contributed by atoms with Gasteiger partial charge in [0, 0.05) is 23.4 Å². The number of hydrogen-bond acceptors (Lipinski definition) is 3. The minimum Gasteiger partial charge on any atom is -0.345 e. The third kappa shape index (κ3) is 5.41. The number of pyridine rings is 1. The van der Waals surface area contributed by atoms with Gasteiger partial charge in [0.25, 0.3) is 0 Å². The number of thiol groups is 1. The summed E-state index contributed by atoms with van der Waals surface area (Å²) in [6.07, 6.45) is 3.89. The van der Waals surface area contributed by atoms with Gasteiger partial charge in [0.15, 0.2) is 18.2 Å². The second-order valence-electron chi connectivity index (χ2n) is 8.08. The van der Waals surface area contributed by atoms with Crippen LogP contribution in [0.3, 0.4) is 0 Å². The molecule has 0 amide bonds. The molecular formula is C29H27N2OS+. The molecule has 0 bridgehead atoms. The first-order valence-electron chi connectivity index (χ1n) is 10.9. The lowest BCUT2D eigenvalue weighted by Crippen LogP contribution is -2.38. The van der Waals surface area contributed by atoms with Crippen LogP contribution in [0, 0.1) is 13.8 Å². The Morgan fingerprint density at radius 3 is 1.91 bits per heavy atom. The number of carbonyl (C=O) groups excluding carboxylic acids is 1. The number of carbonyl (C=O) groups is 1. The number of ketones is 1. The molecule has 1 aromatic heterocycles. The van der Waals surface area contributed by atoms with Gasteiger partial charge in [-0.2, -0.15) is 4.57 Å². The van der Waals surface area contributed by atoms with Crippen LogP contribution in [-0.4, -0.2) is 5.78 Å². The molecule has 3 aromatic carbocycles. The molecule has 4 rings (SSSR count). The van der Waals surface area contributed by atoms with E-state index >= 15 is 0 Å². The molecule has 3 nitrogen and oxygen atoms in total. The van der Waals surface area contributed by atoms with Crippen LogP contribution in [-0.2, 0) is 0 Å². The van der Waals surface area contributed by atoms with Crippen molar-refractivity contribution in [3.63, 3.8) is 0 Å². The summed E-state index contributed by atoms with van der Waals surface area (Å²) in [5, 5.41) is 4.00. The van der Waals surface area contributed by atoms with E-state index in [1.165, 1.54) is 0 Å². The third-order valence-electron chi connectivity index (χ3n) is 5.56. The predicted molar refractivity (Wildman–Crippen MR) is 138 cm³/mol. The summed E-state index contributed by atoms with van der Waals surface area (Å²) in [6.45, 7) is 4.07. The monoisotopic (exact) mass is 451 g/mol. The Morgan fingerprint density at radius 2 is 1.30 bits per heavy atom. The van der Waals surface area contributed by atoms with E-state index in [4.69, 9.17) is 12.6 Å². The summed E-state index contributed by atoms with van der Waals surface area (Å²) in [6, 6.07) is 31.6. The second kappa shape index (κ2) is 10.3. The van der Waals surface area contributed by atoms with Crippen molar-refractivity contribution in [2.45, 2.75) is 19.8 Å². The maximum atomic E-state index is 14.0. The second-order valence-corrected chi connectivity index (χ2v) is 8.53. The highest BCUT2D eigenvalue weighted by Gasteiger charge is 2.35. The molecule has 33 heavy (non-hydrogen) atoms. The van der Waals surface area contributed by atoms with Crippen molar-refractivity contribution in [2.24, 2.45) is 0 Å². The van der Waals surface area contributed by atoms with E-state index in [0.717, 1.165) is 28.1 Å². The van der Waals surface area contributed by atoms with Gasteiger partial charge in [-0.05, 0) is 31.5 Å². The third-order valence-corrected chi connectivity index (χ3v) is 5.90. The number of nitrogens with zero attached hydrogens (tertiary/aromatic N) is 1. The molecule has 1 atom stereocenters. The molecule has 4 aromatic rings. The van der Waals surface area contributed by atoms with Gasteiger partial charge in [0.1, 0.15) is 10.9 Å². The first-order valence-corrected chi connectivity index (χ1v) is 11.4. The number of rotatable bonds is 7. The minimum atomic E-state index is -0.551. The number of aryl methyl sites for hydroxylation is 2. The van der Waals surface area contributed by atoms with Crippen LogP contribution in [0.1, 0.15) is 33.0 Å². The summed E-state index contributed by atoms with van der Waals surface area (Å²) in [5.74, 6) is -0.531. The maximum absolute atomic E-state index is 14.0. The first-order chi connectivity index (χ1) is 16.0. The number of hydrogen-bond donors (Lipinski definition) is 2. The molecule has 0 aliphatic carbocycles. The molecule has 0 fully saturated rings. The lowest BCUT2D eigenvalue weighted by atomic mass is 9.87. The summed E-state index contributed by atoms with van der Waals surface area (Å²) < 4.78 is 1.97. The van der Waals surface area contributed by atoms with E-state index in [0.29, 0.717) is 10.6 Å². The zero-order valence-electron chi connectivity index (χ0n) is 18.8. The van der Waals surface area contributed by atoms with Crippen molar-refractivity contribution in [1.82, 2.24) is 0 Å². The highest BCUT2D eigenvalue weighted by Crippen LogP contribution is 2.32. The van der Waals surface area contributed by atoms with E-state index in [-0.39, 0.29) is 5.78 Å². The standard InChI is InChI=1S/C29H26N2OS/c1-21-11-15-23(16-12-21)26(28(32)24-17-13-22(2)14-18-24)27(31-19-7-4-8-20-31)29(33)30-25-9-5-3-6-10-25/h3-20,26,30H,1-2H3/p+1/b29-27-. The Morgan fingerprint density at radius 1 is 0.758 bits per heavy atom. The average Bonchev–Trinajstić information content (AvgIpc) is 2.84. The van der Waals surface area contributed by atoms with Gasteiger partial charge in [0.05, 0.1) is 0 Å². The lowest BCUT2D eigenvalue weighted by Gasteiger charge is -2.19. The molecule has 1 heterocycles. The fraction of sp³-hybridized carbons (Fsp3) is 0.103. The minimum absolute atomic E-state index is 0.0200. The van der Waals surface area contributed by atoms with Crippen molar-refractivity contribution in [1.29, 1.82) is 0 Å². The summed E-state index contributed by atoms with van der Waals surface area (Å²) in [4.78, 5) is 14.0. The lowest BCUT2D eigenvalue weighted by molar-refractivity contribution is -0.584. The van der Waals surface area contributed by atoms with E-state index in [1.54, 1.807) is 0 Å². The molecule has 0 aliphatic heterocycles. The molecule has 0 radical (unpaired) electrons. The number of aromatic nitrogens is 1. The van der Waals surface area contributed by atoms with Crippen LogP contribution < -0.4 is 9.88 Å². The first kappa shape index (κ1) is 22.6. The zero-order valence-corrected chi connectivity index (χ0v) is 19.7. The summed E-state index contributed by atoms with van der Waals surface area (Å²) in [7, 11) is 0. The SMILES string of the molecule is Cc1ccc(C(=O)C(/C(=C(/S)Nc2ccccc2)[n+]2ccccc2)c2ccc(C)cc2)cc1. The topological polar surface area (TPSA) is 33.0 Å². The molecule has 1 N–H and O–H groups in total. The van der Waals surface area contributed by atoms with Crippen molar-refractivity contribution < 1.29 is 9.36 Å². The quantitative estimate of drug-likeness (QED) is 0.193. The highest BCUT2D eigenvalue weighted by molar-refractivity contribution is 7.84. The Kier molecular flexibility index (Phi) is 7.06. The van der Waals surface area contributed by atoms with E-state index in [2.05, 4.69) is 5.32 Å². The largest absolute Gasteiger partial charge is 0.345 e. The number of nitrogens with one attached hydrogen (secondary N) is 1. The van der Waals surface area contributed by atoms with Crippen LogP contribution in [0.5, 0.6) is 0 Å². The molecule has 0 spiro atoms. The number of allylic oxidation sites excluding steroid dienone is 1. The number of Topliss-reactive ketones (excluding diaryl/α,β-unsaturated/α-hetero) is 1. The smallest absolute Gasteiger partial charge is 0.232 e. The Bertz CT molecular complexity index is 1250. The highest BCUT2D eigenvalue weighted by atomic mass is 32.1. The van der Waals surface area contributed by atoms with Crippen LogP contribution in [0.25, 0.3) is 5.70 Å². The predicted octanol–water partition coefficient (Wildman–Crippen LogP) is 6.43. The van der Waals surface area contributed by atoms with E-state index in [9.17, 15) is 4.79 Å². The average molecular weight is 452 g/mol. The van der Waals surface area contributed by atoms with Crippen molar-refractivity contribution >= 4 is 29.8 Å². The van der Waals surface area contributed by atoms with Gasteiger partial charge in [-0.25, -0.2) is 0 Å². The van der Waals surface area contributed by atoms with E-state index in [1.807, 2.05) is 128 Å². The van der Waals surface area contributed by atoms with Crippen LogP contribution >= 0.6 is 12.6 Å². The number of anilines is 1. The van der Waals surface area contributed by atoms with Crippen LogP contribution in [0.2, 0.25) is 0 Å².